The third-order valence-electron chi connectivity index (χ3n) is 6.00. The summed E-state index contributed by atoms with van der Waals surface area (Å²) in [5.74, 6) is 0.833. The number of rotatable bonds is 8. The van der Waals surface area contributed by atoms with E-state index in [9.17, 15) is 0 Å². The number of halogens is 1. The average molecular weight is 480 g/mol. The first kappa shape index (κ1) is 24.6. The minimum absolute atomic E-state index is 0.0354. The summed E-state index contributed by atoms with van der Waals surface area (Å²) in [4.78, 5) is 0. The summed E-state index contributed by atoms with van der Waals surface area (Å²) in [7, 11) is 0. The molecule has 2 atom stereocenters. The second-order valence-electron chi connectivity index (χ2n) is 9.76. The molecule has 0 spiro atoms. The molecule has 3 aromatic carbocycles. The van der Waals surface area contributed by atoms with Gasteiger partial charge in [0.1, 0.15) is 23.6 Å². The molecular weight excluding hydrogens is 446 g/mol. The summed E-state index contributed by atoms with van der Waals surface area (Å²) in [5, 5.41) is 4.24. The molecule has 1 N–H and O–H groups in total. The Balaban J connectivity index is 1.58. The molecule has 5 heteroatoms. The largest absolute Gasteiger partial charge is 0.485 e. The topological polar surface area (TPSA) is 39.7 Å². The first-order valence-electron chi connectivity index (χ1n) is 11.8. The van der Waals surface area contributed by atoms with Crippen molar-refractivity contribution in [1.29, 1.82) is 0 Å². The Bertz CT molecular complexity index is 1110. The van der Waals surface area contributed by atoms with Crippen LogP contribution in [0.3, 0.4) is 0 Å². The molecule has 34 heavy (non-hydrogen) atoms. The quantitative estimate of drug-likeness (QED) is 0.363. The van der Waals surface area contributed by atoms with Gasteiger partial charge in [-0.1, -0.05) is 53.6 Å². The van der Waals surface area contributed by atoms with Crippen molar-refractivity contribution in [1.82, 2.24) is 0 Å². The van der Waals surface area contributed by atoms with Crippen molar-refractivity contribution in [2.45, 2.75) is 71.7 Å². The van der Waals surface area contributed by atoms with Crippen LogP contribution in [-0.2, 0) is 22.6 Å². The van der Waals surface area contributed by atoms with E-state index in [1.165, 1.54) is 11.1 Å². The highest BCUT2D eigenvalue weighted by molar-refractivity contribution is 6.30. The van der Waals surface area contributed by atoms with Gasteiger partial charge in [-0.2, -0.15) is 0 Å². The summed E-state index contributed by atoms with van der Waals surface area (Å²) in [6.07, 6.45) is -0.527. The molecule has 0 fully saturated rings. The molecule has 2 unspecified atom stereocenters. The second-order valence-corrected chi connectivity index (χ2v) is 10.2. The van der Waals surface area contributed by atoms with E-state index in [1.807, 2.05) is 30.3 Å². The number of hydrogen-bond donors (Lipinski definition) is 1. The van der Waals surface area contributed by atoms with E-state index in [2.05, 4.69) is 76.3 Å². The van der Waals surface area contributed by atoms with Crippen LogP contribution >= 0.6 is 11.6 Å². The zero-order valence-corrected chi connectivity index (χ0v) is 21.4. The highest BCUT2D eigenvalue weighted by Crippen LogP contribution is 2.45. The fourth-order valence-corrected chi connectivity index (χ4v) is 4.50. The fraction of sp³-hybridized carbons (Fsp3) is 0.379. The van der Waals surface area contributed by atoms with Gasteiger partial charge in [0.05, 0.1) is 12.7 Å². The number of aryl methyl sites for hydroxylation is 1. The predicted octanol–water partition coefficient (Wildman–Crippen LogP) is 7.48. The Labute approximate surface area is 208 Å². The SMILES string of the molecule is Cc1ccc(CNc2ccc3c(c2)C(OC(C)C)C(OCc2cccc(Cl)c2)C(C)(C)O3)cc1. The van der Waals surface area contributed by atoms with E-state index in [-0.39, 0.29) is 18.3 Å². The zero-order valence-electron chi connectivity index (χ0n) is 20.6. The lowest BCUT2D eigenvalue weighted by Crippen LogP contribution is -2.51. The number of nitrogens with one attached hydrogen (secondary N) is 1. The van der Waals surface area contributed by atoms with Crippen molar-refractivity contribution in [3.05, 3.63) is 94.0 Å². The summed E-state index contributed by atoms with van der Waals surface area (Å²) in [6.45, 7) is 11.5. The molecule has 1 aliphatic heterocycles. The summed E-state index contributed by atoms with van der Waals surface area (Å²) in [6, 6.07) is 22.5. The van der Waals surface area contributed by atoms with E-state index in [0.29, 0.717) is 11.6 Å². The van der Waals surface area contributed by atoms with Crippen molar-refractivity contribution >= 4 is 17.3 Å². The highest BCUT2D eigenvalue weighted by Gasteiger charge is 2.46. The molecular formula is C29H34ClNO3. The van der Waals surface area contributed by atoms with Crippen molar-refractivity contribution in [2.75, 3.05) is 5.32 Å². The van der Waals surface area contributed by atoms with Crippen LogP contribution in [0.1, 0.15) is 56.1 Å². The highest BCUT2D eigenvalue weighted by atomic mass is 35.5. The fourth-order valence-electron chi connectivity index (χ4n) is 4.29. The van der Waals surface area contributed by atoms with Gasteiger partial charge in [-0.3, -0.25) is 0 Å². The van der Waals surface area contributed by atoms with Crippen LogP contribution in [0.4, 0.5) is 5.69 Å². The van der Waals surface area contributed by atoms with Gasteiger partial charge in [-0.15, -0.1) is 0 Å². The lowest BCUT2D eigenvalue weighted by atomic mass is 9.87. The van der Waals surface area contributed by atoms with Crippen LogP contribution in [0.15, 0.2) is 66.7 Å². The lowest BCUT2D eigenvalue weighted by molar-refractivity contribution is -0.177. The van der Waals surface area contributed by atoms with E-state index in [1.54, 1.807) is 0 Å². The molecule has 4 nitrogen and oxygen atoms in total. The van der Waals surface area contributed by atoms with Gasteiger partial charge in [0.15, 0.2) is 0 Å². The molecule has 0 bridgehead atoms. The minimum atomic E-state index is -0.567. The zero-order chi connectivity index (χ0) is 24.3. The van der Waals surface area contributed by atoms with Gasteiger partial charge < -0.3 is 19.5 Å². The molecule has 3 aromatic rings. The van der Waals surface area contributed by atoms with Gasteiger partial charge in [-0.25, -0.2) is 0 Å². The van der Waals surface area contributed by atoms with E-state index >= 15 is 0 Å². The Morgan fingerprint density at radius 2 is 1.76 bits per heavy atom. The Morgan fingerprint density at radius 1 is 1.00 bits per heavy atom. The Hall–Kier alpha value is -2.53. The number of benzene rings is 3. The van der Waals surface area contributed by atoms with Gasteiger partial charge in [0.25, 0.3) is 0 Å². The van der Waals surface area contributed by atoms with E-state index in [0.717, 1.165) is 29.1 Å². The molecule has 180 valence electrons. The van der Waals surface area contributed by atoms with Crippen LogP contribution in [-0.4, -0.2) is 17.8 Å². The molecule has 0 amide bonds. The third kappa shape index (κ3) is 5.93. The number of anilines is 1. The normalized spacial score (nSPS) is 18.9. The van der Waals surface area contributed by atoms with Crippen molar-refractivity contribution in [2.24, 2.45) is 0 Å². The monoisotopic (exact) mass is 479 g/mol. The second kappa shape index (κ2) is 10.4. The van der Waals surface area contributed by atoms with Crippen LogP contribution in [0, 0.1) is 6.92 Å². The maximum absolute atomic E-state index is 6.46. The Morgan fingerprint density at radius 3 is 2.47 bits per heavy atom. The maximum Gasteiger partial charge on any atom is 0.132 e. The summed E-state index contributed by atoms with van der Waals surface area (Å²) < 4.78 is 19.3. The maximum atomic E-state index is 6.46. The molecule has 4 rings (SSSR count). The molecule has 0 aliphatic carbocycles. The molecule has 0 radical (unpaired) electrons. The van der Waals surface area contributed by atoms with Gasteiger partial charge in [0.2, 0.25) is 0 Å². The molecule has 0 saturated heterocycles. The average Bonchev–Trinajstić information content (AvgIpc) is 2.78. The van der Waals surface area contributed by atoms with Gasteiger partial charge in [-0.05, 0) is 76.1 Å². The van der Waals surface area contributed by atoms with Crippen molar-refractivity contribution < 1.29 is 14.2 Å². The molecule has 0 saturated carbocycles. The van der Waals surface area contributed by atoms with Crippen LogP contribution in [0.5, 0.6) is 5.75 Å². The standard InChI is InChI=1S/C29H34ClNO3/c1-19(2)33-27-25-16-24(31-17-21-11-9-20(3)10-12-21)13-14-26(25)34-29(4,5)28(27)32-18-22-7-6-8-23(30)15-22/h6-16,19,27-28,31H,17-18H2,1-5H3. The smallest absolute Gasteiger partial charge is 0.132 e. The first-order valence-corrected chi connectivity index (χ1v) is 12.2. The Kier molecular flexibility index (Phi) is 7.51. The number of fused-ring (bicyclic) bond motifs is 1. The number of hydrogen-bond acceptors (Lipinski definition) is 4. The van der Waals surface area contributed by atoms with Gasteiger partial charge >= 0.3 is 0 Å². The van der Waals surface area contributed by atoms with Crippen LogP contribution in [0.25, 0.3) is 0 Å². The minimum Gasteiger partial charge on any atom is -0.485 e. The van der Waals surface area contributed by atoms with E-state index < -0.39 is 5.60 Å². The van der Waals surface area contributed by atoms with Crippen molar-refractivity contribution in [3.63, 3.8) is 0 Å². The summed E-state index contributed by atoms with van der Waals surface area (Å²) >= 11 is 6.17. The molecule has 0 aromatic heterocycles. The number of ether oxygens (including phenoxy) is 3. The predicted molar refractivity (Wildman–Crippen MR) is 139 cm³/mol. The third-order valence-corrected chi connectivity index (χ3v) is 6.24. The van der Waals surface area contributed by atoms with Crippen LogP contribution in [0.2, 0.25) is 5.02 Å². The van der Waals surface area contributed by atoms with Crippen LogP contribution < -0.4 is 10.1 Å². The first-order chi connectivity index (χ1) is 16.2. The molecule has 1 heterocycles. The van der Waals surface area contributed by atoms with E-state index in [4.69, 9.17) is 25.8 Å². The summed E-state index contributed by atoms with van der Waals surface area (Å²) in [5.41, 5.74) is 4.97. The molecule has 1 aliphatic rings. The van der Waals surface area contributed by atoms with Crippen molar-refractivity contribution in [3.8, 4) is 5.75 Å². The lowest BCUT2D eigenvalue weighted by Gasteiger charge is -2.45. The van der Waals surface area contributed by atoms with Gasteiger partial charge in [0, 0.05) is 22.8 Å².